The van der Waals surface area contributed by atoms with Crippen molar-refractivity contribution in [3.63, 3.8) is 0 Å². The quantitative estimate of drug-likeness (QED) is 0.838. The number of carbonyl (C=O) groups excluding carboxylic acids is 1. The first kappa shape index (κ1) is 23.0. The summed E-state index contributed by atoms with van der Waals surface area (Å²) in [5.41, 5.74) is 0.743. The Morgan fingerprint density at radius 1 is 1.29 bits per heavy atom. The Morgan fingerprint density at radius 3 is 2.29 bits per heavy atom. The normalized spacial score (nSPS) is 17.0. The molecule has 0 aromatic carbocycles. The number of amides is 1. The number of alkyl halides is 3. The van der Waals surface area contributed by atoms with Gasteiger partial charge < -0.3 is 10.2 Å². The fourth-order valence-corrected chi connectivity index (χ4v) is 2.58. The summed E-state index contributed by atoms with van der Waals surface area (Å²) in [6.07, 6.45) is -0.840. The highest BCUT2D eigenvalue weighted by molar-refractivity contribution is 5.85. The number of piperazine rings is 1. The highest BCUT2D eigenvalue weighted by atomic mass is 35.5. The molecule has 1 amide bonds. The maximum absolute atomic E-state index is 12.5. The third-order valence-electron chi connectivity index (χ3n) is 3.68. The number of carbonyl (C=O) groups is 1. The third kappa shape index (κ3) is 6.12. The number of aryl methyl sites for hydroxylation is 1. The molecule has 1 aromatic rings. The van der Waals surface area contributed by atoms with E-state index in [-0.39, 0.29) is 43.8 Å². The first-order valence-electron chi connectivity index (χ1n) is 7.04. The van der Waals surface area contributed by atoms with Crippen LogP contribution in [0.3, 0.4) is 0 Å². The van der Waals surface area contributed by atoms with Crippen LogP contribution < -0.4 is 5.32 Å². The Morgan fingerprint density at radius 2 is 1.88 bits per heavy atom. The SMILES string of the molecule is CNC(C(=O)N1CCN(CC(F)(F)F)CC1)c1cnn(C)c1.Cl.Cl. The first-order chi connectivity index (χ1) is 10.3. The molecule has 0 aliphatic carbocycles. The monoisotopic (exact) mass is 391 g/mol. The maximum Gasteiger partial charge on any atom is 0.401 e. The zero-order chi connectivity index (χ0) is 16.3. The summed E-state index contributed by atoms with van der Waals surface area (Å²) in [5, 5.41) is 6.98. The van der Waals surface area contributed by atoms with E-state index in [9.17, 15) is 18.0 Å². The van der Waals surface area contributed by atoms with E-state index in [0.717, 1.165) is 5.56 Å². The first-order valence-corrected chi connectivity index (χ1v) is 7.04. The Balaban J connectivity index is 0.00000264. The van der Waals surface area contributed by atoms with Gasteiger partial charge in [0, 0.05) is 45.0 Å². The summed E-state index contributed by atoms with van der Waals surface area (Å²) in [4.78, 5) is 15.4. The molecule has 24 heavy (non-hydrogen) atoms. The fraction of sp³-hybridized carbons (Fsp3) is 0.692. The van der Waals surface area contributed by atoms with Crippen molar-refractivity contribution in [3.05, 3.63) is 18.0 Å². The molecule has 1 aromatic heterocycles. The van der Waals surface area contributed by atoms with Crippen molar-refractivity contribution < 1.29 is 18.0 Å². The van der Waals surface area contributed by atoms with Crippen LogP contribution in [0.4, 0.5) is 13.2 Å². The van der Waals surface area contributed by atoms with E-state index in [4.69, 9.17) is 0 Å². The Kier molecular flexibility index (Phi) is 9.05. The van der Waals surface area contributed by atoms with Crippen LogP contribution in [0.15, 0.2) is 12.4 Å². The number of nitrogens with zero attached hydrogens (tertiary/aromatic N) is 4. The maximum atomic E-state index is 12.5. The molecule has 1 N–H and O–H groups in total. The lowest BCUT2D eigenvalue weighted by Gasteiger charge is -2.36. The van der Waals surface area contributed by atoms with Gasteiger partial charge in [-0.15, -0.1) is 24.8 Å². The van der Waals surface area contributed by atoms with Gasteiger partial charge in [0.1, 0.15) is 6.04 Å². The Hall–Kier alpha value is -1.03. The smallest absolute Gasteiger partial charge is 0.338 e. The molecule has 1 aliphatic heterocycles. The highest BCUT2D eigenvalue weighted by Gasteiger charge is 2.34. The van der Waals surface area contributed by atoms with Crippen LogP contribution in [-0.4, -0.2) is 71.4 Å². The molecule has 1 fully saturated rings. The largest absolute Gasteiger partial charge is 0.401 e. The van der Waals surface area contributed by atoms with Crippen LogP contribution in [0, 0.1) is 0 Å². The topological polar surface area (TPSA) is 53.4 Å². The van der Waals surface area contributed by atoms with Crippen LogP contribution in [0.5, 0.6) is 0 Å². The summed E-state index contributed by atoms with van der Waals surface area (Å²) in [6.45, 7) is 0.136. The van der Waals surface area contributed by atoms with Crippen molar-refractivity contribution in [1.82, 2.24) is 24.9 Å². The van der Waals surface area contributed by atoms with Crippen LogP contribution in [-0.2, 0) is 11.8 Å². The predicted molar refractivity (Wildman–Crippen MR) is 88.6 cm³/mol. The zero-order valence-corrected chi connectivity index (χ0v) is 15.0. The molecule has 2 heterocycles. The second kappa shape index (κ2) is 9.45. The van der Waals surface area contributed by atoms with Crippen molar-refractivity contribution in [1.29, 1.82) is 0 Å². The average molecular weight is 392 g/mol. The molecular weight excluding hydrogens is 370 g/mol. The van der Waals surface area contributed by atoms with Crippen molar-refractivity contribution in [2.75, 3.05) is 39.8 Å². The number of hydrogen-bond acceptors (Lipinski definition) is 4. The molecule has 11 heteroatoms. The summed E-state index contributed by atoms with van der Waals surface area (Å²) < 4.78 is 38.7. The van der Waals surface area contributed by atoms with Crippen LogP contribution in [0.2, 0.25) is 0 Å². The van der Waals surface area contributed by atoms with E-state index in [1.54, 1.807) is 36.1 Å². The van der Waals surface area contributed by atoms with Gasteiger partial charge >= 0.3 is 6.18 Å². The minimum absolute atomic E-state index is 0. The van der Waals surface area contributed by atoms with Crippen LogP contribution in [0.25, 0.3) is 0 Å². The average Bonchev–Trinajstić information content (AvgIpc) is 2.85. The molecule has 1 saturated heterocycles. The summed E-state index contributed by atoms with van der Waals surface area (Å²) in [5.74, 6) is -0.137. The Bertz CT molecular complexity index is 518. The van der Waals surface area contributed by atoms with E-state index in [2.05, 4.69) is 10.4 Å². The van der Waals surface area contributed by atoms with E-state index < -0.39 is 18.8 Å². The van der Waals surface area contributed by atoms with Crippen LogP contribution in [0.1, 0.15) is 11.6 Å². The van der Waals surface area contributed by atoms with Gasteiger partial charge in [-0.2, -0.15) is 18.3 Å². The molecule has 140 valence electrons. The number of rotatable bonds is 4. The molecular formula is C13H22Cl2F3N5O. The lowest BCUT2D eigenvalue weighted by molar-refractivity contribution is -0.152. The van der Waals surface area contributed by atoms with Gasteiger partial charge in [-0.1, -0.05) is 0 Å². The van der Waals surface area contributed by atoms with Gasteiger partial charge in [0.25, 0.3) is 0 Å². The van der Waals surface area contributed by atoms with Gasteiger partial charge in [0.05, 0.1) is 12.7 Å². The second-order valence-electron chi connectivity index (χ2n) is 5.39. The molecule has 2 rings (SSSR count). The summed E-state index contributed by atoms with van der Waals surface area (Å²) >= 11 is 0. The van der Waals surface area contributed by atoms with Gasteiger partial charge in [0.15, 0.2) is 0 Å². The minimum Gasteiger partial charge on any atom is -0.338 e. The molecule has 0 saturated carbocycles. The Labute approximate surface area is 151 Å². The predicted octanol–water partition coefficient (Wildman–Crippen LogP) is 1.23. The summed E-state index contributed by atoms with van der Waals surface area (Å²) in [7, 11) is 3.44. The molecule has 1 aliphatic rings. The number of halogens is 5. The molecule has 1 unspecified atom stereocenters. The standard InChI is InChI=1S/C13H20F3N5O.2ClH/c1-17-11(10-7-18-19(2)8-10)12(22)21-5-3-20(4-6-21)9-13(14,15)16;;/h7-8,11,17H,3-6,9H2,1-2H3;2*1H. The molecule has 1 atom stereocenters. The van der Waals surface area contributed by atoms with Crippen molar-refractivity contribution in [2.24, 2.45) is 7.05 Å². The molecule has 6 nitrogen and oxygen atoms in total. The third-order valence-corrected chi connectivity index (χ3v) is 3.68. The van der Waals surface area contributed by atoms with Gasteiger partial charge in [0.2, 0.25) is 5.91 Å². The van der Waals surface area contributed by atoms with E-state index in [1.165, 1.54) is 4.90 Å². The zero-order valence-electron chi connectivity index (χ0n) is 13.4. The minimum atomic E-state index is -4.20. The second-order valence-corrected chi connectivity index (χ2v) is 5.39. The highest BCUT2D eigenvalue weighted by Crippen LogP contribution is 2.19. The number of hydrogen-bond donors (Lipinski definition) is 1. The molecule has 0 radical (unpaired) electrons. The molecule has 0 spiro atoms. The number of nitrogens with one attached hydrogen (secondary N) is 1. The lowest BCUT2D eigenvalue weighted by Crippen LogP contribution is -2.52. The van der Waals surface area contributed by atoms with Crippen molar-refractivity contribution >= 4 is 30.7 Å². The van der Waals surface area contributed by atoms with Gasteiger partial charge in [-0.25, -0.2) is 0 Å². The fourth-order valence-electron chi connectivity index (χ4n) is 2.58. The van der Waals surface area contributed by atoms with E-state index in [0.29, 0.717) is 13.1 Å². The van der Waals surface area contributed by atoms with E-state index in [1.807, 2.05) is 0 Å². The van der Waals surface area contributed by atoms with Crippen molar-refractivity contribution in [3.8, 4) is 0 Å². The molecule has 0 bridgehead atoms. The summed E-state index contributed by atoms with van der Waals surface area (Å²) in [6, 6.07) is -0.525. The van der Waals surface area contributed by atoms with Gasteiger partial charge in [-0.3, -0.25) is 14.4 Å². The number of likely N-dealkylation sites (N-methyl/N-ethyl adjacent to an activating group) is 1. The van der Waals surface area contributed by atoms with Crippen LogP contribution >= 0.6 is 24.8 Å². The van der Waals surface area contributed by atoms with Gasteiger partial charge in [-0.05, 0) is 7.05 Å². The lowest BCUT2D eigenvalue weighted by atomic mass is 10.1. The van der Waals surface area contributed by atoms with E-state index >= 15 is 0 Å². The number of aromatic nitrogens is 2. The van der Waals surface area contributed by atoms with Crippen molar-refractivity contribution in [2.45, 2.75) is 12.2 Å².